The minimum Gasteiger partial charge on any atom is -0.373 e. The average Bonchev–Trinajstić information content (AvgIpc) is 2.97. The van der Waals surface area contributed by atoms with Crippen LogP contribution in [0, 0.1) is 0 Å². The lowest BCUT2D eigenvalue weighted by molar-refractivity contribution is -0.134. The zero-order valence-electron chi connectivity index (χ0n) is 18.2. The summed E-state index contributed by atoms with van der Waals surface area (Å²) in [6, 6.07) is 4.90. The number of imide groups is 1. The van der Waals surface area contributed by atoms with Gasteiger partial charge in [0.1, 0.15) is 5.54 Å². The summed E-state index contributed by atoms with van der Waals surface area (Å²) >= 11 is 0. The van der Waals surface area contributed by atoms with Gasteiger partial charge in [-0.3, -0.25) is 15.0 Å². The molecule has 1 aromatic carbocycles. The van der Waals surface area contributed by atoms with Crippen molar-refractivity contribution in [1.29, 1.82) is 0 Å². The Balaban J connectivity index is 1.51. The number of nitrogens with one attached hydrogen (secondary N) is 2. The highest BCUT2D eigenvalue weighted by Crippen LogP contribution is 2.33. The molecule has 11 heteroatoms. The molecule has 1 saturated carbocycles. The number of nitrogens with zero attached hydrogens (tertiary/aromatic N) is 2. The first kappa shape index (κ1) is 22.7. The van der Waals surface area contributed by atoms with E-state index in [-0.39, 0.29) is 35.8 Å². The van der Waals surface area contributed by atoms with Gasteiger partial charge in [-0.05, 0) is 44.9 Å². The number of rotatable bonds is 4. The van der Waals surface area contributed by atoms with Gasteiger partial charge in [0, 0.05) is 18.7 Å². The molecule has 2 atom stereocenters. The first-order chi connectivity index (χ1) is 15.1. The van der Waals surface area contributed by atoms with E-state index in [9.17, 15) is 22.8 Å². The third-order valence-electron chi connectivity index (χ3n) is 6.20. The van der Waals surface area contributed by atoms with Crippen molar-refractivity contribution in [2.24, 2.45) is 0 Å². The number of carbonyl (C=O) groups excluding carboxylic acids is 3. The minimum absolute atomic E-state index is 0.0330. The molecule has 0 radical (unpaired) electrons. The van der Waals surface area contributed by atoms with Crippen LogP contribution in [0.2, 0.25) is 0 Å². The predicted molar refractivity (Wildman–Crippen MR) is 114 cm³/mol. The second-order valence-electron chi connectivity index (χ2n) is 8.76. The molecule has 10 nitrogen and oxygen atoms in total. The number of hydrazine groups is 1. The van der Waals surface area contributed by atoms with Crippen LogP contribution < -0.4 is 10.7 Å². The average molecular weight is 465 g/mol. The van der Waals surface area contributed by atoms with Crippen LogP contribution in [0.3, 0.4) is 0 Å². The Bertz CT molecular complexity index is 1030. The normalized spacial score (nSPS) is 26.2. The van der Waals surface area contributed by atoms with Crippen molar-refractivity contribution >= 4 is 27.9 Å². The van der Waals surface area contributed by atoms with E-state index in [0.29, 0.717) is 17.9 Å². The molecule has 3 fully saturated rings. The maximum atomic E-state index is 13.1. The van der Waals surface area contributed by atoms with Crippen molar-refractivity contribution in [1.82, 2.24) is 20.1 Å². The van der Waals surface area contributed by atoms with E-state index in [1.54, 1.807) is 13.8 Å². The summed E-state index contributed by atoms with van der Waals surface area (Å²) in [4.78, 5) is 38.0. The summed E-state index contributed by atoms with van der Waals surface area (Å²) in [5.41, 5.74) is 1.42. The molecule has 0 unspecified atom stereocenters. The highest BCUT2D eigenvalue weighted by Gasteiger charge is 2.52. The molecule has 3 aliphatic rings. The van der Waals surface area contributed by atoms with Gasteiger partial charge in [-0.2, -0.15) is 9.31 Å². The molecule has 0 aromatic heterocycles. The Morgan fingerprint density at radius 3 is 2.44 bits per heavy atom. The van der Waals surface area contributed by atoms with Crippen molar-refractivity contribution in [2.75, 3.05) is 13.1 Å². The second-order valence-corrected chi connectivity index (χ2v) is 10.7. The van der Waals surface area contributed by atoms with Crippen molar-refractivity contribution in [2.45, 2.75) is 68.6 Å². The van der Waals surface area contributed by atoms with Gasteiger partial charge in [-0.15, -0.1) is 0 Å². The molecule has 2 saturated heterocycles. The first-order valence-electron chi connectivity index (χ1n) is 10.9. The standard InChI is InChI=1S/C21H28N4O6S/c1-14-12-24(13-15(2)31-14)32(29,30)17-8-6-7-16(11-17)18(26)23-25-19(27)21(22-20(25)28)9-4-3-5-10-21/h6-8,11,14-15H,3-5,9-10,12-13H2,1-2H3,(H,22,28)(H,23,26)/t14-,15-/m0/s1. The second kappa shape index (κ2) is 8.45. The Labute approximate surface area is 187 Å². The molecule has 2 aliphatic heterocycles. The van der Waals surface area contributed by atoms with Gasteiger partial charge < -0.3 is 10.1 Å². The summed E-state index contributed by atoms with van der Waals surface area (Å²) in [6.45, 7) is 4.04. The van der Waals surface area contributed by atoms with Crippen molar-refractivity contribution in [3.63, 3.8) is 0 Å². The van der Waals surface area contributed by atoms with Crippen LogP contribution in [-0.2, 0) is 19.6 Å². The zero-order valence-corrected chi connectivity index (χ0v) is 19.0. The smallest absolute Gasteiger partial charge is 0.344 e. The monoisotopic (exact) mass is 464 g/mol. The molecule has 32 heavy (non-hydrogen) atoms. The maximum absolute atomic E-state index is 13.1. The van der Waals surface area contributed by atoms with Crippen molar-refractivity contribution < 1.29 is 27.5 Å². The summed E-state index contributed by atoms with van der Waals surface area (Å²) < 4.78 is 33.2. The highest BCUT2D eigenvalue weighted by molar-refractivity contribution is 7.89. The molecule has 0 bridgehead atoms. The summed E-state index contributed by atoms with van der Waals surface area (Å²) in [7, 11) is -3.84. The van der Waals surface area contributed by atoms with Crippen molar-refractivity contribution in [3.05, 3.63) is 29.8 Å². The summed E-state index contributed by atoms with van der Waals surface area (Å²) in [6.07, 6.45) is 3.24. The number of benzene rings is 1. The van der Waals surface area contributed by atoms with Crippen molar-refractivity contribution in [3.8, 4) is 0 Å². The Kier molecular flexibility index (Phi) is 5.99. The number of ether oxygens (including phenoxy) is 1. The number of sulfonamides is 1. The Hall–Kier alpha value is -2.50. The number of morpholine rings is 1. The predicted octanol–water partition coefficient (Wildman–Crippen LogP) is 1.38. The number of amides is 4. The van der Waals surface area contributed by atoms with Gasteiger partial charge in [0.25, 0.3) is 11.8 Å². The number of hydrogen-bond acceptors (Lipinski definition) is 6. The quantitative estimate of drug-likeness (QED) is 0.649. The van der Waals surface area contributed by atoms with Crippen LogP contribution in [0.5, 0.6) is 0 Å². The molecule has 1 aliphatic carbocycles. The van der Waals surface area contributed by atoms with E-state index in [1.165, 1.54) is 28.6 Å². The fraction of sp³-hybridized carbons (Fsp3) is 0.571. The van der Waals surface area contributed by atoms with Crippen LogP contribution >= 0.6 is 0 Å². The number of carbonyl (C=O) groups is 3. The molecular weight excluding hydrogens is 436 g/mol. The molecule has 2 heterocycles. The summed E-state index contributed by atoms with van der Waals surface area (Å²) in [5.74, 6) is -1.21. The van der Waals surface area contributed by atoms with Gasteiger partial charge in [-0.25, -0.2) is 13.2 Å². The molecule has 4 amide bonds. The number of hydrogen-bond donors (Lipinski definition) is 2. The SMILES string of the molecule is C[C@H]1CN(S(=O)(=O)c2cccc(C(=O)NN3C(=O)NC4(CCCCC4)C3=O)c2)C[C@H](C)O1. The van der Waals surface area contributed by atoms with E-state index < -0.39 is 33.4 Å². The number of urea groups is 1. The molecule has 2 N–H and O–H groups in total. The molecule has 1 spiro atoms. The van der Waals surface area contributed by atoms with E-state index in [1.807, 2.05) is 0 Å². The zero-order chi connectivity index (χ0) is 23.1. The largest absolute Gasteiger partial charge is 0.373 e. The van der Waals surface area contributed by atoms with E-state index in [4.69, 9.17) is 4.74 Å². The fourth-order valence-corrected chi connectivity index (χ4v) is 6.29. The summed E-state index contributed by atoms with van der Waals surface area (Å²) in [5, 5.41) is 3.43. The third kappa shape index (κ3) is 4.12. The van der Waals surface area contributed by atoms with E-state index in [2.05, 4.69) is 10.7 Å². The molecule has 1 aromatic rings. The third-order valence-corrected chi connectivity index (χ3v) is 8.03. The first-order valence-corrected chi connectivity index (χ1v) is 12.3. The highest BCUT2D eigenvalue weighted by atomic mass is 32.2. The lowest BCUT2D eigenvalue weighted by Gasteiger charge is -2.34. The van der Waals surface area contributed by atoms with Crippen LogP contribution in [0.4, 0.5) is 4.79 Å². The maximum Gasteiger partial charge on any atom is 0.344 e. The van der Waals surface area contributed by atoms with Crippen LogP contribution in [0.1, 0.15) is 56.3 Å². The van der Waals surface area contributed by atoms with Gasteiger partial charge in [0.2, 0.25) is 10.0 Å². The fourth-order valence-electron chi connectivity index (χ4n) is 4.66. The minimum atomic E-state index is -3.84. The van der Waals surface area contributed by atoms with Crippen LogP contribution in [0.15, 0.2) is 29.2 Å². The van der Waals surface area contributed by atoms with Gasteiger partial charge in [0.15, 0.2) is 0 Å². The molecule has 4 rings (SSSR count). The van der Waals surface area contributed by atoms with Gasteiger partial charge in [-0.1, -0.05) is 25.3 Å². The molecular formula is C21H28N4O6S. The lowest BCUT2D eigenvalue weighted by atomic mass is 9.82. The Morgan fingerprint density at radius 1 is 1.12 bits per heavy atom. The van der Waals surface area contributed by atoms with Crippen LogP contribution in [0.25, 0.3) is 0 Å². The van der Waals surface area contributed by atoms with E-state index >= 15 is 0 Å². The van der Waals surface area contributed by atoms with Crippen LogP contribution in [-0.4, -0.2) is 66.4 Å². The van der Waals surface area contributed by atoms with E-state index in [0.717, 1.165) is 19.3 Å². The van der Waals surface area contributed by atoms with Gasteiger partial charge >= 0.3 is 6.03 Å². The molecule has 174 valence electrons. The lowest BCUT2D eigenvalue weighted by Crippen LogP contribution is -2.51. The van der Waals surface area contributed by atoms with Gasteiger partial charge in [0.05, 0.1) is 17.1 Å². The Morgan fingerprint density at radius 2 is 1.78 bits per heavy atom. The topological polar surface area (TPSA) is 125 Å².